The van der Waals surface area contributed by atoms with Gasteiger partial charge in [-0.15, -0.1) is 0 Å². The monoisotopic (exact) mass is 1950 g/mol. The van der Waals surface area contributed by atoms with Gasteiger partial charge in [0.05, 0.1) is 59.9 Å². The topological polar surface area (TPSA) is 349 Å². The summed E-state index contributed by atoms with van der Waals surface area (Å²) in [6, 6.07) is 86.5. The minimum absolute atomic E-state index is 0.0309. The first-order chi connectivity index (χ1) is 68.0. The Labute approximate surface area is 831 Å². The number of rotatable bonds is 41. The summed E-state index contributed by atoms with van der Waals surface area (Å²) in [5.41, 5.74) is 12.0. The van der Waals surface area contributed by atoms with E-state index in [1.54, 1.807) is 39.4 Å². The van der Waals surface area contributed by atoms with Crippen LogP contribution >= 0.6 is 0 Å². The number of aliphatic hydroxyl groups excluding tert-OH is 3. The Morgan fingerprint density at radius 1 is 0.383 bits per heavy atom. The van der Waals surface area contributed by atoms with Crippen molar-refractivity contribution in [2.45, 2.75) is 108 Å². The van der Waals surface area contributed by atoms with Gasteiger partial charge in [-0.25, -0.2) is 19.2 Å². The van der Waals surface area contributed by atoms with E-state index in [0.29, 0.717) is 108 Å². The fraction of sp³-hybridized carbons (Fsp3) is 0.348. The molecule has 0 aromatic heterocycles. The van der Waals surface area contributed by atoms with Crippen molar-refractivity contribution in [3.8, 4) is 63.2 Å². The molecule has 5 N–H and O–H groups in total. The van der Waals surface area contributed by atoms with Crippen molar-refractivity contribution in [3.63, 3.8) is 0 Å². The Morgan fingerprint density at radius 3 is 1.02 bits per heavy atom. The number of methoxy groups -OCH3 is 3. The number of esters is 2. The van der Waals surface area contributed by atoms with Gasteiger partial charge in [0.2, 0.25) is 5.91 Å². The van der Waals surface area contributed by atoms with Gasteiger partial charge in [-0.1, -0.05) is 208 Å². The summed E-state index contributed by atoms with van der Waals surface area (Å²) in [4.78, 5) is 54.4. The average molecular weight is 1950 g/mol. The van der Waals surface area contributed by atoms with Crippen LogP contribution in [0.1, 0.15) is 69.5 Å². The second-order valence-electron chi connectivity index (χ2n) is 31.4. The fourth-order valence-corrected chi connectivity index (χ4v) is 10.5. The van der Waals surface area contributed by atoms with E-state index in [0.717, 1.165) is 63.4 Å². The largest absolute Gasteiger partial charge is 0.508 e. The van der Waals surface area contributed by atoms with E-state index in [1.807, 2.05) is 302 Å². The van der Waals surface area contributed by atoms with Gasteiger partial charge < -0.3 is 116 Å². The predicted molar refractivity (Wildman–Crippen MR) is 544 cm³/mol. The number of carbonyl (C=O) groups is 5. The van der Waals surface area contributed by atoms with Crippen LogP contribution in [-0.2, 0) is 52.3 Å². The molecule has 0 aliphatic carbocycles. The molecule has 13 rings (SSSR count). The highest BCUT2D eigenvalue weighted by Crippen LogP contribution is 2.22. The Balaban J connectivity index is 0.000000328. The minimum atomic E-state index is -0.768. The molecule has 0 saturated carbocycles. The molecule has 2 fully saturated rings. The van der Waals surface area contributed by atoms with Crippen molar-refractivity contribution < 1.29 is 129 Å². The van der Waals surface area contributed by atoms with Gasteiger partial charge in [0.15, 0.2) is 19.3 Å². The average Bonchev–Trinajstić information content (AvgIpc) is 1.76. The standard InChI is InChI=1S/C15H14O3.C12H17NO4.C12H17NO3.C12H18O3.C11H12O4.C11H14O3.C10H12O2.C10H14O2.C10H12O.C9H12O2/c1-12-7-9-13(10-8-12)17-11-15(16)18-14-5-3-2-4-6-14;1-9-3-5-11(6-4-9)17-8-10(14)7-13-12(15)16-2;1-9-3-5-12(6-4-9)16-8-11(15)7-13-10(2)14;1-11-3-5-12(6-4-11)15-10-9-14-8-7-13-2;1-8-2-4-9(5-3-8)13-6-10-7-14-11(12)15-10;1-3-13-11(12)8-14-10-6-4-9(2)5-7-10;1-8-2-4-9(5-3-8)11-6-10-7-12-10;1-9-3-5-10(6-4-9)12-8-7-11-2;1-3-8-11-10-6-4-9(2)5-7-10;1-8-2-4-9(5-3-8)11-7-6-10/h2-10H,11H2,1H3;3-6,10,14H,7-8H2,1-2H3,(H,13,15);3-6,11,15H,7-8H2,1-2H3,(H,13,14);3-6H,7-10H2,1-2H3;2-5,10H,6-7H2,1H3;4-7H,3,8H2,1-2H3;2-5,10H,6-7H2,1H3;3-6H,7-8H2,1-2H3;3-7H,1,8H2,2H3;2-5,10H,6-7H2,1H3. The number of hydrogen-bond acceptors (Lipinski definition) is 27. The second-order valence-corrected chi connectivity index (χ2v) is 31.4. The van der Waals surface area contributed by atoms with Crippen LogP contribution < -0.4 is 62.7 Å². The molecule has 29 heteroatoms. The first-order valence-electron chi connectivity index (χ1n) is 46.1. The molecule has 141 heavy (non-hydrogen) atoms. The molecule has 0 spiro atoms. The third-order valence-electron chi connectivity index (χ3n) is 18.5. The molecule has 4 atom stereocenters. The van der Waals surface area contributed by atoms with Gasteiger partial charge >= 0.3 is 24.2 Å². The number of alkyl carbamates (subject to hydrolysis) is 1. The summed E-state index contributed by atoms with van der Waals surface area (Å²) in [6.45, 7) is 34.6. The van der Waals surface area contributed by atoms with Crippen molar-refractivity contribution >= 4 is 30.1 Å². The van der Waals surface area contributed by atoms with Gasteiger partial charge in [-0.3, -0.25) is 4.79 Å². The van der Waals surface area contributed by atoms with Gasteiger partial charge in [0, 0.05) is 27.7 Å². The van der Waals surface area contributed by atoms with Crippen LogP contribution in [0.15, 0.2) is 286 Å². The zero-order valence-corrected chi connectivity index (χ0v) is 83.9. The zero-order chi connectivity index (χ0) is 103. The Bertz CT molecular complexity index is 5100. The van der Waals surface area contributed by atoms with Crippen LogP contribution in [0, 0.1) is 69.2 Å². The summed E-state index contributed by atoms with van der Waals surface area (Å²) < 4.78 is 97.1. The van der Waals surface area contributed by atoms with Crippen LogP contribution in [-0.4, -0.2) is 223 Å². The molecule has 4 unspecified atom stereocenters. The van der Waals surface area contributed by atoms with Crippen molar-refractivity contribution in [1.82, 2.24) is 10.6 Å². The molecule has 11 aromatic rings. The van der Waals surface area contributed by atoms with Crippen LogP contribution in [0.3, 0.4) is 0 Å². The highest BCUT2D eigenvalue weighted by molar-refractivity contribution is 5.74. The normalized spacial score (nSPS) is 12.2. The lowest BCUT2D eigenvalue weighted by Crippen LogP contribution is -2.35. The number of aliphatic hydroxyl groups is 3. The van der Waals surface area contributed by atoms with Crippen LogP contribution in [0.2, 0.25) is 0 Å². The van der Waals surface area contributed by atoms with Gasteiger partial charge in [0.25, 0.3) is 0 Å². The third-order valence-corrected chi connectivity index (χ3v) is 18.5. The number of amides is 2. The Hall–Kier alpha value is -14.2. The second kappa shape index (κ2) is 74.0. The quantitative estimate of drug-likeness (QED) is 0.00593. The lowest BCUT2D eigenvalue weighted by molar-refractivity contribution is -0.145. The molecule has 29 nitrogen and oxygen atoms in total. The molecule has 2 amide bonds. The highest BCUT2D eigenvalue weighted by atomic mass is 16.8. The number of ether oxygens (including phenoxy) is 19. The lowest BCUT2D eigenvalue weighted by atomic mass is 10.2. The van der Waals surface area contributed by atoms with Gasteiger partial charge in [-0.05, 0) is 210 Å². The van der Waals surface area contributed by atoms with Gasteiger partial charge in [0.1, 0.15) is 141 Å². The summed E-state index contributed by atoms with van der Waals surface area (Å²) in [7, 11) is 4.59. The molecule has 2 heterocycles. The Morgan fingerprint density at radius 2 is 0.695 bits per heavy atom. The number of carbonyl (C=O) groups excluding carboxylic acids is 5. The molecule has 2 saturated heterocycles. The molecule has 0 bridgehead atoms. The van der Waals surface area contributed by atoms with E-state index < -0.39 is 30.4 Å². The first kappa shape index (κ1) is 119. The summed E-state index contributed by atoms with van der Waals surface area (Å²) in [6.07, 6.45) is -0.863. The number of nitrogens with one attached hydrogen (secondary N) is 2. The van der Waals surface area contributed by atoms with Crippen molar-refractivity contribution in [3.05, 3.63) is 341 Å². The zero-order valence-electron chi connectivity index (χ0n) is 83.9. The van der Waals surface area contributed by atoms with E-state index in [-0.39, 0.29) is 70.7 Å². The van der Waals surface area contributed by atoms with Crippen molar-refractivity contribution in [2.75, 3.05) is 153 Å². The molecule has 762 valence electrons. The van der Waals surface area contributed by atoms with Crippen LogP contribution in [0.5, 0.6) is 63.2 Å². The maximum absolute atomic E-state index is 11.5. The lowest BCUT2D eigenvalue weighted by Gasteiger charge is -2.12. The van der Waals surface area contributed by atoms with Gasteiger partial charge in [-0.2, -0.15) is 0 Å². The number of para-hydroxylation sites is 1. The summed E-state index contributed by atoms with van der Waals surface area (Å²) >= 11 is 0. The third kappa shape index (κ3) is 62.4. The molecule has 2 aliphatic rings. The number of benzene rings is 11. The molecular weight excluding hydrogens is 1810 g/mol. The maximum Gasteiger partial charge on any atom is 0.508 e. The van der Waals surface area contributed by atoms with Crippen molar-refractivity contribution in [2.24, 2.45) is 0 Å². The van der Waals surface area contributed by atoms with Crippen LogP contribution in [0.25, 0.3) is 0 Å². The number of epoxide rings is 1. The SMILES string of the molecule is C=CCOc1ccc(C)cc1.CC(=O)NCC(O)COc1ccc(C)cc1.CCOC(=O)COc1ccc(C)cc1.COC(=O)NCC(O)COc1ccc(C)cc1.COCCOCCOc1ccc(C)cc1.COCCOc1ccc(C)cc1.Cc1ccc(OCC(=O)Oc2ccccc2)cc1.Cc1ccc(OCC2CO2)cc1.Cc1ccc(OCC2COC(=O)O2)cc1.Cc1ccc(OCCO)cc1. The van der Waals surface area contributed by atoms with E-state index in [1.165, 1.54) is 47.4 Å². The predicted octanol–water partition coefficient (Wildman–Crippen LogP) is 18.5. The van der Waals surface area contributed by atoms with Crippen LogP contribution in [0.4, 0.5) is 9.59 Å². The van der Waals surface area contributed by atoms with E-state index in [9.17, 15) is 34.2 Å². The van der Waals surface area contributed by atoms with Crippen molar-refractivity contribution in [1.29, 1.82) is 0 Å². The van der Waals surface area contributed by atoms with E-state index >= 15 is 0 Å². The highest BCUT2D eigenvalue weighted by Gasteiger charge is 2.26. The maximum atomic E-state index is 11.5. The summed E-state index contributed by atoms with van der Waals surface area (Å²) in [5, 5.41) is 32.4. The summed E-state index contributed by atoms with van der Waals surface area (Å²) in [5.74, 6) is 7.54. The molecule has 11 aromatic carbocycles. The number of aryl methyl sites for hydroxylation is 10. The smallest absolute Gasteiger partial charge is 0.491 e. The molecule has 0 radical (unpaired) electrons. The molecular formula is C112H142N2O27. The number of cyclic esters (lactones) is 2. The fourth-order valence-electron chi connectivity index (χ4n) is 10.5. The molecule has 2 aliphatic heterocycles. The Kier molecular flexibility index (Phi) is 62.5. The first-order valence-corrected chi connectivity index (χ1v) is 46.1. The van der Waals surface area contributed by atoms with E-state index in [4.69, 9.17) is 85.6 Å². The number of hydrogen-bond donors (Lipinski definition) is 5. The minimum Gasteiger partial charge on any atom is -0.491 e. The van der Waals surface area contributed by atoms with E-state index in [2.05, 4.69) is 54.4 Å².